The summed E-state index contributed by atoms with van der Waals surface area (Å²) in [7, 11) is 1.69. The summed E-state index contributed by atoms with van der Waals surface area (Å²) in [6.07, 6.45) is 4.94. The molecule has 29 heavy (non-hydrogen) atoms. The van der Waals surface area contributed by atoms with Crippen LogP contribution in [0.5, 0.6) is 0 Å². The quantitative estimate of drug-likeness (QED) is 0.657. The lowest BCUT2D eigenvalue weighted by molar-refractivity contribution is 0.0782. The molecule has 1 atom stereocenters. The standard InChI is InChI=1S/C20H22FN7O/c1-12(13-3-5-14(21)6-4-13)17-18(25-16-9-23-7-8-24-16)26-20(22)27-19(17)28-10-15(11-28)29-2/h3-9,12,15H,10-11H2,1-2H3,(H3,22,24,25,26,27). The molecule has 8 nitrogen and oxygen atoms in total. The smallest absolute Gasteiger partial charge is 0.223 e. The molecule has 4 rings (SSSR count). The van der Waals surface area contributed by atoms with E-state index < -0.39 is 0 Å². The number of anilines is 4. The SMILES string of the molecule is COC1CN(c2nc(N)nc(Nc3cnccn3)c2C(C)c2ccc(F)cc2)C1. The van der Waals surface area contributed by atoms with Crippen LogP contribution in [0.15, 0.2) is 42.9 Å². The van der Waals surface area contributed by atoms with Gasteiger partial charge in [-0.15, -0.1) is 0 Å². The Kier molecular flexibility index (Phi) is 5.22. The predicted octanol–water partition coefficient (Wildman–Crippen LogP) is 2.72. The summed E-state index contributed by atoms with van der Waals surface area (Å²) in [5, 5.41) is 3.21. The minimum absolute atomic E-state index is 0.119. The molecule has 1 aliphatic rings. The van der Waals surface area contributed by atoms with Crippen molar-refractivity contribution in [3.8, 4) is 0 Å². The van der Waals surface area contributed by atoms with Crippen molar-refractivity contribution in [2.24, 2.45) is 0 Å². The van der Waals surface area contributed by atoms with Crippen LogP contribution < -0.4 is 16.0 Å². The number of aromatic nitrogens is 4. The van der Waals surface area contributed by atoms with Crippen molar-refractivity contribution in [2.75, 3.05) is 36.1 Å². The summed E-state index contributed by atoms with van der Waals surface area (Å²) >= 11 is 0. The first kappa shape index (κ1) is 19.0. The van der Waals surface area contributed by atoms with Crippen molar-refractivity contribution in [2.45, 2.75) is 18.9 Å². The molecule has 0 spiro atoms. The number of hydrogen-bond acceptors (Lipinski definition) is 8. The summed E-state index contributed by atoms with van der Waals surface area (Å²) in [5.74, 6) is 1.58. The van der Waals surface area contributed by atoms with Gasteiger partial charge in [0, 0.05) is 44.1 Å². The largest absolute Gasteiger partial charge is 0.378 e. The van der Waals surface area contributed by atoms with Gasteiger partial charge in [0.25, 0.3) is 0 Å². The van der Waals surface area contributed by atoms with Gasteiger partial charge in [0.1, 0.15) is 23.3 Å². The van der Waals surface area contributed by atoms with E-state index in [-0.39, 0.29) is 23.8 Å². The minimum Gasteiger partial charge on any atom is -0.378 e. The molecule has 3 aromatic rings. The summed E-state index contributed by atoms with van der Waals surface area (Å²) < 4.78 is 18.8. The topological polar surface area (TPSA) is 102 Å². The van der Waals surface area contributed by atoms with E-state index in [1.165, 1.54) is 12.1 Å². The van der Waals surface area contributed by atoms with E-state index in [1.807, 2.05) is 6.92 Å². The normalized spacial score (nSPS) is 15.1. The van der Waals surface area contributed by atoms with Crippen LogP contribution in [-0.2, 0) is 4.74 Å². The molecule has 0 saturated carbocycles. The number of benzene rings is 1. The summed E-state index contributed by atoms with van der Waals surface area (Å²) in [6.45, 7) is 3.45. The average molecular weight is 395 g/mol. The molecular weight excluding hydrogens is 373 g/mol. The van der Waals surface area contributed by atoms with Crippen molar-refractivity contribution in [1.82, 2.24) is 19.9 Å². The second-order valence-corrected chi connectivity index (χ2v) is 6.92. The molecular formula is C20H22FN7O. The van der Waals surface area contributed by atoms with Crippen LogP contribution in [0.2, 0.25) is 0 Å². The molecule has 1 saturated heterocycles. The number of methoxy groups -OCH3 is 1. The molecule has 1 unspecified atom stereocenters. The van der Waals surface area contributed by atoms with Gasteiger partial charge in [-0.2, -0.15) is 9.97 Å². The molecule has 3 heterocycles. The van der Waals surface area contributed by atoms with Crippen molar-refractivity contribution >= 4 is 23.4 Å². The lowest BCUT2D eigenvalue weighted by Crippen LogP contribution is -2.52. The highest BCUT2D eigenvalue weighted by molar-refractivity contribution is 5.69. The van der Waals surface area contributed by atoms with Crippen LogP contribution in [0.25, 0.3) is 0 Å². The van der Waals surface area contributed by atoms with Crippen LogP contribution in [0.3, 0.4) is 0 Å². The van der Waals surface area contributed by atoms with Gasteiger partial charge in [-0.05, 0) is 17.7 Å². The van der Waals surface area contributed by atoms with Crippen molar-refractivity contribution in [3.05, 3.63) is 59.8 Å². The van der Waals surface area contributed by atoms with E-state index in [2.05, 4.69) is 30.2 Å². The maximum absolute atomic E-state index is 13.4. The molecule has 1 fully saturated rings. The number of nitrogens with one attached hydrogen (secondary N) is 1. The fourth-order valence-corrected chi connectivity index (χ4v) is 3.37. The summed E-state index contributed by atoms with van der Waals surface area (Å²) in [6, 6.07) is 6.43. The fourth-order valence-electron chi connectivity index (χ4n) is 3.37. The van der Waals surface area contributed by atoms with Crippen LogP contribution in [0.4, 0.5) is 27.8 Å². The Morgan fingerprint density at radius 1 is 1.21 bits per heavy atom. The van der Waals surface area contributed by atoms with Crippen LogP contribution in [0, 0.1) is 5.82 Å². The number of rotatable bonds is 6. The maximum atomic E-state index is 13.4. The van der Waals surface area contributed by atoms with Crippen LogP contribution >= 0.6 is 0 Å². The Balaban J connectivity index is 1.79. The first-order chi connectivity index (χ1) is 14.0. The highest BCUT2D eigenvalue weighted by Gasteiger charge is 2.32. The van der Waals surface area contributed by atoms with Crippen molar-refractivity contribution in [3.63, 3.8) is 0 Å². The van der Waals surface area contributed by atoms with Gasteiger partial charge in [-0.3, -0.25) is 4.98 Å². The molecule has 0 amide bonds. The Hall–Kier alpha value is -3.33. The second kappa shape index (κ2) is 7.96. The van der Waals surface area contributed by atoms with Crippen LogP contribution in [0.1, 0.15) is 24.0 Å². The average Bonchev–Trinajstić information content (AvgIpc) is 2.68. The lowest BCUT2D eigenvalue weighted by atomic mass is 9.92. The Morgan fingerprint density at radius 2 is 1.97 bits per heavy atom. The van der Waals surface area contributed by atoms with Gasteiger partial charge in [0.15, 0.2) is 0 Å². The minimum atomic E-state index is -0.279. The lowest BCUT2D eigenvalue weighted by Gasteiger charge is -2.40. The zero-order chi connectivity index (χ0) is 20.4. The van der Waals surface area contributed by atoms with E-state index in [0.717, 1.165) is 16.9 Å². The summed E-state index contributed by atoms with van der Waals surface area (Å²) in [4.78, 5) is 19.4. The van der Waals surface area contributed by atoms with E-state index in [4.69, 9.17) is 10.5 Å². The monoisotopic (exact) mass is 395 g/mol. The molecule has 0 radical (unpaired) electrons. The molecule has 1 aliphatic heterocycles. The van der Waals surface area contributed by atoms with Crippen LogP contribution in [-0.4, -0.2) is 46.2 Å². The predicted molar refractivity (Wildman–Crippen MR) is 109 cm³/mol. The third kappa shape index (κ3) is 3.95. The number of nitrogens with zero attached hydrogens (tertiary/aromatic N) is 5. The fraction of sp³-hybridized carbons (Fsp3) is 0.300. The third-order valence-corrected chi connectivity index (χ3v) is 5.04. The zero-order valence-corrected chi connectivity index (χ0v) is 16.2. The van der Waals surface area contributed by atoms with Gasteiger partial charge in [-0.1, -0.05) is 19.1 Å². The Bertz CT molecular complexity index is 978. The summed E-state index contributed by atoms with van der Waals surface area (Å²) in [5.41, 5.74) is 7.81. The maximum Gasteiger partial charge on any atom is 0.223 e. The molecule has 2 aromatic heterocycles. The highest BCUT2D eigenvalue weighted by Crippen LogP contribution is 2.38. The van der Waals surface area contributed by atoms with Gasteiger partial charge >= 0.3 is 0 Å². The highest BCUT2D eigenvalue weighted by atomic mass is 19.1. The molecule has 1 aromatic carbocycles. The second-order valence-electron chi connectivity index (χ2n) is 6.92. The number of ether oxygens (including phenoxy) is 1. The van der Waals surface area contributed by atoms with E-state index in [0.29, 0.717) is 24.7 Å². The number of nitrogen functional groups attached to an aromatic ring is 1. The molecule has 0 aliphatic carbocycles. The molecule has 150 valence electrons. The van der Waals surface area contributed by atoms with Crippen molar-refractivity contribution < 1.29 is 9.13 Å². The first-order valence-electron chi connectivity index (χ1n) is 9.28. The van der Waals surface area contributed by atoms with Gasteiger partial charge < -0.3 is 20.7 Å². The Labute approximate surface area is 168 Å². The zero-order valence-electron chi connectivity index (χ0n) is 16.2. The molecule has 3 N–H and O–H groups in total. The van der Waals surface area contributed by atoms with E-state index >= 15 is 0 Å². The number of hydrogen-bond donors (Lipinski definition) is 2. The number of halogens is 1. The van der Waals surface area contributed by atoms with E-state index in [1.54, 1.807) is 37.8 Å². The first-order valence-corrected chi connectivity index (χ1v) is 9.28. The molecule has 9 heteroatoms. The number of nitrogens with two attached hydrogens (primary N) is 1. The Morgan fingerprint density at radius 3 is 2.62 bits per heavy atom. The van der Waals surface area contributed by atoms with E-state index in [9.17, 15) is 4.39 Å². The van der Waals surface area contributed by atoms with Gasteiger partial charge in [0.2, 0.25) is 5.95 Å². The third-order valence-electron chi connectivity index (χ3n) is 5.04. The van der Waals surface area contributed by atoms with Gasteiger partial charge in [0.05, 0.1) is 12.3 Å². The van der Waals surface area contributed by atoms with Crippen molar-refractivity contribution in [1.29, 1.82) is 0 Å². The molecule has 0 bridgehead atoms. The van der Waals surface area contributed by atoms with Gasteiger partial charge in [-0.25, -0.2) is 9.37 Å².